The van der Waals surface area contributed by atoms with Gasteiger partial charge in [0, 0.05) is 36.8 Å². The van der Waals surface area contributed by atoms with Crippen molar-refractivity contribution in [1.29, 1.82) is 0 Å². The lowest BCUT2D eigenvalue weighted by Gasteiger charge is -2.34. The van der Waals surface area contributed by atoms with Crippen LogP contribution in [0.1, 0.15) is 11.6 Å². The predicted molar refractivity (Wildman–Crippen MR) is 79.1 cm³/mol. The van der Waals surface area contributed by atoms with Crippen LogP contribution >= 0.6 is 36.4 Å². The fourth-order valence-electron chi connectivity index (χ4n) is 2.18. The molecule has 0 bridgehead atoms. The molecule has 0 unspecified atom stereocenters. The summed E-state index contributed by atoms with van der Waals surface area (Å²) < 4.78 is 26.9. The number of alkyl halides is 1. The van der Waals surface area contributed by atoms with Crippen molar-refractivity contribution >= 4 is 36.4 Å². The lowest BCUT2D eigenvalue weighted by Crippen LogP contribution is -2.46. The van der Waals surface area contributed by atoms with E-state index < -0.39 is 18.5 Å². The van der Waals surface area contributed by atoms with E-state index in [-0.39, 0.29) is 30.4 Å². The Morgan fingerprint density at radius 2 is 1.89 bits per heavy atom. The lowest BCUT2D eigenvalue weighted by atomic mass is 10.0. The van der Waals surface area contributed by atoms with Gasteiger partial charge in [0.2, 0.25) is 0 Å². The minimum absolute atomic E-state index is 0. The molecule has 0 aromatic heterocycles. The van der Waals surface area contributed by atoms with E-state index in [4.69, 9.17) is 11.6 Å². The maximum Gasteiger partial charge on any atom is 0.129 e. The minimum Gasteiger partial charge on any atom is -0.314 e. The highest BCUT2D eigenvalue weighted by Crippen LogP contribution is 2.30. The summed E-state index contributed by atoms with van der Waals surface area (Å²) in [7, 11) is 0. The first-order valence-electron chi connectivity index (χ1n) is 5.68. The van der Waals surface area contributed by atoms with Gasteiger partial charge in [0.05, 0.1) is 6.04 Å². The van der Waals surface area contributed by atoms with Gasteiger partial charge < -0.3 is 5.32 Å². The maximum atomic E-state index is 13.7. The number of hydrogen-bond donors (Lipinski definition) is 1. The van der Waals surface area contributed by atoms with Crippen molar-refractivity contribution in [2.45, 2.75) is 6.04 Å². The third-order valence-corrected chi connectivity index (χ3v) is 3.40. The molecule has 2 nitrogen and oxygen atoms in total. The number of hydrogen-bond acceptors (Lipinski definition) is 2. The molecule has 0 amide bonds. The zero-order valence-corrected chi connectivity index (χ0v) is 12.6. The summed E-state index contributed by atoms with van der Waals surface area (Å²) in [6.07, 6.45) is 0. The van der Waals surface area contributed by atoms with Gasteiger partial charge in [-0.15, -0.1) is 24.8 Å². The average molecular weight is 334 g/mol. The second kappa shape index (κ2) is 8.93. The van der Waals surface area contributed by atoms with Gasteiger partial charge >= 0.3 is 0 Å². The Kier molecular flexibility index (Phi) is 8.86. The molecule has 1 aromatic rings. The monoisotopic (exact) mass is 332 g/mol. The topological polar surface area (TPSA) is 15.3 Å². The number of nitrogens with zero attached hydrogens (tertiary/aromatic N) is 1. The van der Waals surface area contributed by atoms with Crippen LogP contribution in [0.4, 0.5) is 8.78 Å². The van der Waals surface area contributed by atoms with Gasteiger partial charge in [0.25, 0.3) is 0 Å². The standard InChI is InChI=1S/C12H15ClF2N2.2ClH/c13-9-2-1-3-10(15)12(9)11(8-14)17-6-4-16-5-7-17;;/h1-3,11,16H,4-8H2;2*1H/t11-;;/m0../s1. The summed E-state index contributed by atoms with van der Waals surface area (Å²) in [5.41, 5.74) is 0.276. The second-order valence-electron chi connectivity index (χ2n) is 4.09. The van der Waals surface area contributed by atoms with Gasteiger partial charge in [0.15, 0.2) is 0 Å². The molecule has 1 saturated heterocycles. The lowest BCUT2D eigenvalue weighted by molar-refractivity contribution is 0.144. The van der Waals surface area contributed by atoms with E-state index >= 15 is 0 Å². The van der Waals surface area contributed by atoms with Gasteiger partial charge in [-0.3, -0.25) is 4.90 Å². The van der Waals surface area contributed by atoms with Crippen LogP contribution < -0.4 is 5.32 Å². The Balaban J connectivity index is 0.00000162. The van der Waals surface area contributed by atoms with E-state index in [0.29, 0.717) is 18.1 Å². The molecule has 1 aliphatic rings. The number of piperazine rings is 1. The Hall–Kier alpha value is -0.130. The van der Waals surface area contributed by atoms with Crippen LogP contribution in [-0.2, 0) is 0 Å². The first-order chi connectivity index (χ1) is 8.24. The Labute approximate surface area is 129 Å². The van der Waals surface area contributed by atoms with Crippen molar-refractivity contribution in [3.63, 3.8) is 0 Å². The van der Waals surface area contributed by atoms with Gasteiger partial charge in [0.1, 0.15) is 12.5 Å². The molecule has 1 N–H and O–H groups in total. The summed E-state index contributed by atoms with van der Waals surface area (Å²) in [6, 6.07) is 3.89. The van der Waals surface area contributed by atoms with Crippen LogP contribution in [0.25, 0.3) is 0 Å². The highest BCUT2D eigenvalue weighted by atomic mass is 35.5. The SMILES string of the molecule is Cl.Cl.FC[C@@H](c1c(F)cccc1Cl)N1CCNCC1. The molecule has 19 heavy (non-hydrogen) atoms. The summed E-state index contributed by atoms with van der Waals surface area (Å²) in [6.45, 7) is 2.38. The molecule has 1 aromatic carbocycles. The van der Waals surface area contributed by atoms with Crippen molar-refractivity contribution in [2.24, 2.45) is 0 Å². The zero-order chi connectivity index (χ0) is 12.3. The maximum absolute atomic E-state index is 13.7. The Bertz CT molecular complexity index is 367. The third-order valence-electron chi connectivity index (χ3n) is 3.07. The van der Waals surface area contributed by atoms with E-state index in [9.17, 15) is 8.78 Å². The summed E-state index contributed by atoms with van der Waals surface area (Å²) >= 11 is 5.97. The van der Waals surface area contributed by atoms with Gasteiger partial charge in [-0.2, -0.15) is 0 Å². The van der Waals surface area contributed by atoms with Crippen molar-refractivity contribution in [3.8, 4) is 0 Å². The largest absolute Gasteiger partial charge is 0.314 e. The molecule has 2 rings (SSSR count). The van der Waals surface area contributed by atoms with E-state index in [2.05, 4.69) is 5.32 Å². The average Bonchev–Trinajstić information content (AvgIpc) is 2.35. The molecule has 110 valence electrons. The van der Waals surface area contributed by atoms with Crippen molar-refractivity contribution < 1.29 is 8.78 Å². The van der Waals surface area contributed by atoms with Crippen molar-refractivity contribution in [3.05, 3.63) is 34.6 Å². The van der Waals surface area contributed by atoms with E-state index in [0.717, 1.165) is 13.1 Å². The summed E-state index contributed by atoms with van der Waals surface area (Å²) in [4.78, 5) is 1.93. The molecule has 7 heteroatoms. The number of halogens is 5. The smallest absolute Gasteiger partial charge is 0.129 e. The van der Waals surface area contributed by atoms with Gasteiger partial charge in [-0.1, -0.05) is 17.7 Å². The highest BCUT2D eigenvalue weighted by molar-refractivity contribution is 6.31. The van der Waals surface area contributed by atoms with Crippen LogP contribution in [-0.4, -0.2) is 37.8 Å². The van der Waals surface area contributed by atoms with Crippen LogP contribution in [0.15, 0.2) is 18.2 Å². The Morgan fingerprint density at radius 1 is 1.26 bits per heavy atom. The number of benzene rings is 1. The fraction of sp³-hybridized carbons (Fsp3) is 0.500. The van der Waals surface area contributed by atoms with Crippen LogP contribution in [0.3, 0.4) is 0 Å². The molecule has 1 aliphatic heterocycles. The zero-order valence-electron chi connectivity index (χ0n) is 10.2. The molecule has 0 saturated carbocycles. The molecular formula is C12H17Cl3F2N2. The molecule has 0 radical (unpaired) electrons. The molecule has 0 spiro atoms. The summed E-state index contributed by atoms with van der Waals surface area (Å²) in [5, 5.41) is 3.48. The highest BCUT2D eigenvalue weighted by Gasteiger charge is 2.26. The summed E-state index contributed by atoms with van der Waals surface area (Å²) in [5.74, 6) is -0.432. The first-order valence-corrected chi connectivity index (χ1v) is 6.06. The van der Waals surface area contributed by atoms with E-state index in [1.54, 1.807) is 6.07 Å². The molecule has 0 aliphatic carbocycles. The molecule has 1 heterocycles. The Morgan fingerprint density at radius 3 is 2.42 bits per heavy atom. The normalized spacial score (nSPS) is 17.2. The first kappa shape index (κ1) is 18.9. The van der Waals surface area contributed by atoms with Crippen LogP contribution in [0, 0.1) is 5.82 Å². The van der Waals surface area contributed by atoms with Crippen molar-refractivity contribution in [1.82, 2.24) is 10.2 Å². The quantitative estimate of drug-likeness (QED) is 0.913. The van der Waals surface area contributed by atoms with Crippen LogP contribution in [0.2, 0.25) is 5.02 Å². The van der Waals surface area contributed by atoms with E-state index in [1.165, 1.54) is 12.1 Å². The molecular weight excluding hydrogens is 317 g/mol. The van der Waals surface area contributed by atoms with Gasteiger partial charge in [-0.25, -0.2) is 8.78 Å². The fourth-order valence-corrected chi connectivity index (χ4v) is 2.47. The van der Waals surface area contributed by atoms with E-state index in [1.807, 2.05) is 4.90 Å². The molecule has 1 atom stereocenters. The van der Waals surface area contributed by atoms with Gasteiger partial charge in [-0.05, 0) is 12.1 Å². The van der Waals surface area contributed by atoms with Crippen molar-refractivity contribution in [2.75, 3.05) is 32.9 Å². The molecule has 1 fully saturated rings. The number of nitrogens with one attached hydrogen (secondary N) is 1. The third kappa shape index (κ3) is 4.43. The second-order valence-corrected chi connectivity index (χ2v) is 4.50. The predicted octanol–water partition coefficient (Wildman–Crippen LogP) is 3.24. The number of rotatable bonds is 3. The minimum atomic E-state index is -0.624. The van der Waals surface area contributed by atoms with Crippen LogP contribution in [0.5, 0.6) is 0 Å².